The van der Waals surface area contributed by atoms with Gasteiger partial charge in [-0.1, -0.05) is 44.9 Å². The molecule has 0 saturated carbocycles. The monoisotopic (exact) mass is 464 g/mol. The fourth-order valence-electron chi connectivity index (χ4n) is 3.40. The predicted octanol–water partition coefficient (Wildman–Crippen LogP) is 5.04. The molecule has 31 heavy (non-hydrogen) atoms. The van der Waals surface area contributed by atoms with E-state index in [0.29, 0.717) is 52.9 Å². The number of unbranched alkanes of at least 4 members (excludes halogenated alkanes) is 8. The summed E-state index contributed by atoms with van der Waals surface area (Å²) in [5.41, 5.74) is 0. The van der Waals surface area contributed by atoms with Gasteiger partial charge in [0.2, 0.25) is 0 Å². The third-order valence-electron chi connectivity index (χ3n) is 5.23. The molecule has 1 saturated heterocycles. The summed E-state index contributed by atoms with van der Waals surface area (Å²) in [6, 6.07) is 0. The highest BCUT2D eigenvalue weighted by Crippen LogP contribution is 2.13. The van der Waals surface area contributed by atoms with E-state index in [-0.39, 0.29) is 6.29 Å². The van der Waals surface area contributed by atoms with E-state index in [4.69, 9.17) is 28.4 Å². The summed E-state index contributed by atoms with van der Waals surface area (Å²) in [5.74, 6) is 1.03. The van der Waals surface area contributed by atoms with E-state index in [9.17, 15) is 0 Å². The molecular weight excluding hydrogens is 416 g/mol. The molecule has 7 heteroatoms. The quantitative estimate of drug-likeness (QED) is 0.160. The lowest BCUT2D eigenvalue weighted by molar-refractivity contribution is -0.169. The first-order valence-electron chi connectivity index (χ1n) is 12.6. The number of hydrogen-bond donors (Lipinski definition) is 1. The van der Waals surface area contributed by atoms with Crippen LogP contribution < -0.4 is 0 Å². The Morgan fingerprint density at radius 2 is 1.03 bits per heavy atom. The van der Waals surface area contributed by atoms with Crippen molar-refractivity contribution in [2.45, 2.75) is 83.3 Å². The molecule has 0 N–H and O–H groups in total. The highest BCUT2D eigenvalue weighted by Gasteiger charge is 2.13. The van der Waals surface area contributed by atoms with Crippen LogP contribution in [0.3, 0.4) is 0 Å². The van der Waals surface area contributed by atoms with Crippen molar-refractivity contribution in [3.63, 3.8) is 0 Å². The van der Waals surface area contributed by atoms with Crippen molar-refractivity contribution in [3.8, 4) is 0 Å². The van der Waals surface area contributed by atoms with Crippen molar-refractivity contribution in [2.75, 3.05) is 71.8 Å². The lowest BCUT2D eigenvalue weighted by Gasteiger charge is -2.22. The van der Waals surface area contributed by atoms with Crippen LogP contribution in [-0.2, 0) is 28.4 Å². The van der Waals surface area contributed by atoms with Gasteiger partial charge in [0.25, 0.3) is 0 Å². The van der Waals surface area contributed by atoms with Crippen LogP contribution in [0.5, 0.6) is 0 Å². The molecular formula is C24H48O6S. The summed E-state index contributed by atoms with van der Waals surface area (Å²) in [5, 5.41) is 0. The first-order chi connectivity index (χ1) is 15.4. The highest BCUT2D eigenvalue weighted by atomic mass is 32.1. The molecule has 0 aromatic carbocycles. The molecule has 0 aliphatic carbocycles. The van der Waals surface area contributed by atoms with Gasteiger partial charge in [0.15, 0.2) is 6.29 Å². The molecule has 0 aromatic rings. The first-order valence-corrected chi connectivity index (χ1v) is 13.2. The van der Waals surface area contributed by atoms with Crippen LogP contribution in [0.15, 0.2) is 0 Å². The van der Waals surface area contributed by atoms with Gasteiger partial charge in [0, 0.05) is 13.2 Å². The highest BCUT2D eigenvalue weighted by molar-refractivity contribution is 7.80. The van der Waals surface area contributed by atoms with Gasteiger partial charge in [0.1, 0.15) is 0 Å². The molecule has 0 amide bonds. The van der Waals surface area contributed by atoms with Gasteiger partial charge in [-0.05, 0) is 37.9 Å². The number of hydrogen-bond acceptors (Lipinski definition) is 7. The van der Waals surface area contributed by atoms with Gasteiger partial charge in [0.05, 0.1) is 52.9 Å². The third kappa shape index (κ3) is 21.7. The van der Waals surface area contributed by atoms with Crippen LogP contribution in [-0.4, -0.2) is 78.1 Å². The van der Waals surface area contributed by atoms with Crippen molar-refractivity contribution < 1.29 is 28.4 Å². The standard InChI is InChI=1S/C24H48O6S/c31-23-11-7-5-3-1-2-4-6-9-13-25-15-16-26-17-18-27-19-20-28-21-22-30-24-12-8-10-14-29-24/h24,31H,1-23H2. The van der Waals surface area contributed by atoms with Crippen molar-refractivity contribution >= 4 is 12.6 Å². The SMILES string of the molecule is SCCCCCCCCCCCOCCOCCOCCOCCOC1CCCCO1. The molecule has 0 spiro atoms. The van der Waals surface area contributed by atoms with Crippen molar-refractivity contribution in [1.82, 2.24) is 0 Å². The molecule has 0 aromatic heterocycles. The summed E-state index contributed by atoms with van der Waals surface area (Å²) in [7, 11) is 0. The van der Waals surface area contributed by atoms with Gasteiger partial charge >= 0.3 is 0 Å². The number of thiol groups is 1. The largest absolute Gasteiger partial charge is 0.379 e. The average Bonchev–Trinajstić information content (AvgIpc) is 2.80. The van der Waals surface area contributed by atoms with Crippen LogP contribution in [0, 0.1) is 0 Å². The van der Waals surface area contributed by atoms with Crippen LogP contribution in [0.25, 0.3) is 0 Å². The minimum absolute atomic E-state index is 0.0392. The molecule has 1 fully saturated rings. The van der Waals surface area contributed by atoms with E-state index < -0.39 is 0 Å². The lowest BCUT2D eigenvalue weighted by Crippen LogP contribution is -2.24. The summed E-state index contributed by atoms with van der Waals surface area (Å²) in [6.07, 6.45) is 15.1. The maximum absolute atomic E-state index is 5.62. The first kappa shape index (κ1) is 29.1. The maximum atomic E-state index is 5.62. The predicted molar refractivity (Wildman–Crippen MR) is 128 cm³/mol. The summed E-state index contributed by atoms with van der Waals surface area (Å²) < 4.78 is 33.2. The molecule has 1 rings (SSSR count). The Hall–Kier alpha value is 0.110. The Morgan fingerprint density at radius 3 is 1.55 bits per heavy atom. The second kappa shape index (κ2) is 24.7. The smallest absolute Gasteiger partial charge is 0.157 e. The molecule has 1 heterocycles. The van der Waals surface area contributed by atoms with E-state index in [2.05, 4.69) is 12.6 Å². The molecule has 186 valence electrons. The number of rotatable bonds is 24. The zero-order chi connectivity index (χ0) is 22.1. The topological polar surface area (TPSA) is 55.4 Å². The summed E-state index contributed by atoms with van der Waals surface area (Å²) in [6.45, 7) is 6.44. The van der Waals surface area contributed by atoms with Crippen LogP contribution in [0.2, 0.25) is 0 Å². The van der Waals surface area contributed by atoms with E-state index in [1.807, 2.05) is 0 Å². The Balaban J connectivity index is 1.62. The van der Waals surface area contributed by atoms with Gasteiger partial charge in [-0.3, -0.25) is 0 Å². The van der Waals surface area contributed by atoms with Crippen molar-refractivity contribution in [1.29, 1.82) is 0 Å². The van der Waals surface area contributed by atoms with E-state index in [0.717, 1.165) is 38.2 Å². The van der Waals surface area contributed by atoms with Gasteiger partial charge in [-0.15, -0.1) is 0 Å². The Bertz CT molecular complexity index is 342. The Morgan fingerprint density at radius 1 is 0.548 bits per heavy atom. The van der Waals surface area contributed by atoms with Crippen LogP contribution in [0.4, 0.5) is 0 Å². The molecule has 0 radical (unpaired) electrons. The molecule has 6 nitrogen and oxygen atoms in total. The number of ether oxygens (including phenoxy) is 6. The zero-order valence-corrected chi connectivity index (χ0v) is 20.6. The van der Waals surface area contributed by atoms with E-state index >= 15 is 0 Å². The average molecular weight is 465 g/mol. The second-order valence-electron chi connectivity index (χ2n) is 8.02. The summed E-state index contributed by atoms with van der Waals surface area (Å²) in [4.78, 5) is 0. The molecule has 1 atom stereocenters. The van der Waals surface area contributed by atoms with Crippen LogP contribution in [0.1, 0.15) is 77.0 Å². The molecule has 0 bridgehead atoms. The normalized spacial score (nSPS) is 16.7. The minimum Gasteiger partial charge on any atom is -0.379 e. The fraction of sp³-hybridized carbons (Fsp3) is 1.00. The molecule has 1 aliphatic rings. The lowest BCUT2D eigenvalue weighted by atomic mass is 10.1. The van der Waals surface area contributed by atoms with Crippen molar-refractivity contribution in [2.24, 2.45) is 0 Å². The minimum atomic E-state index is -0.0392. The molecule has 1 aliphatic heterocycles. The zero-order valence-electron chi connectivity index (χ0n) is 19.7. The fourth-order valence-corrected chi connectivity index (χ4v) is 3.62. The van der Waals surface area contributed by atoms with Crippen LogP contribution >= 0.6 is 12.6 Å². The Labute approximate surface area is 196 Å². The summed E-state index contributed by atoms with van der Waals surface area (Å²) >= 11 is 4.24. The van der Waals surface area contributed by atoms with Gasteiger partial charge < -0.3 is 28.4 Å². The van der Waals surface area contributed by atoms with E-state index in [1.54, 1.807) is 0 Å². The second-order valence-corrected chi connectivity index (χ2v) is 8.47. The third-order valence-corrected chi connectivity index (χ3v) is 5.55. The van der Waals surface area contributed by atoms with Crippen molar-refractivity contribution in [3.05, 3.63) is 0 Å². The van der Waals surface area contributed by atoms with E-state index in [1.165, 1.54) is 57.8 Å². The maximum Gasteiger partial charge on any atom is 0.157 e. The van der Waals surface area contributed by atoms with Gasteiger partial charge in [-0.25, -0.2) is 0 Å². The Kier molecular flexibility index (Phi) is 23.3. The van der Waals surface area contributed by atoms with Gasteiger partial charge in [-0.2, -0.15) is 12.6 Å². The molecule has 1 unspecified atom stereocenters.